The summed E-state index contributed by atoms with van der Waals surface area (Å²) in [5, 5.41) is 25.8. The fraction of sp³-hybridized carbons (Fsp3) is 0.667. The lowest BCUT2D eigenvalue weighted by Gasteiger charge is -2.16. The highest BCUT2D eigenvalue weighted by Crippen LogP contribution is 2.14. The summed E-state index contributed by atoms with van der Waals surface area (Å²) in [6.45, 7) is 4.75. The van der Waals surface area contributed by atoms with Gasteiger partial charge < -0.3 is 15.5 Å². The van der Waals surface area contributed by atoms with Gasteiger partial charge in [-0.2, -0.15) is 5.10 Å². The molecule has 0 spiro atoms. The van der Waals surface area contributed by atoms with E-state index in [0.29, 0.717) is 18.9 Å². The van der Waals surface area contributed by atoms with E-state index in [2.05, 4.69) is 10.4 Å². The predicted molar refractivity (Wildman–Crippen MR) is 69.7 cm³/mol. The molecule has 1 amide bonds. The monoisotopic (exact) mass is 268 g/mol. The SMILES string of the molecule is CC(C)n1nccc1NC(=O)CN1C[C@@H](O)[C@@H](O)C1. The van der Waals surface area contributed by atoms with Gasteiger partial charge in [0.25, 0.3) is 0 Å². The molecule has 0 aromatic carbocycles. The van der Waals surface area contributed by atoms with E-state index in [1.807, 2.05) is 13.8 Å². The molecule has 7 heteroatoms. The maximum absolute atomic E-state index is 11.9. The van der Waals surface area contributed by atoms with Crippen molar-refractivity contribution in [2.24, 2.45) is 0 Å². The summed E-state index contributed by atoms with van der Waals surface area (Å²) in [4.78, 5) is 13.6. The Morgan fingerprint density at radius 3 is 2.68 bits per heavy atom. The number of hydrogen-bond donors (Lipinski definition) is 3. The maximum Gasteiger partial charge on any atom is 0.239 e. The first-order chi connectivity index (χ1) is 8.97. The number of carbonyl (C=O) groups is 1. The number of aromatic nitrogens is 2. The molecular weight excluding hydrogens is 248 g/mol. The number of nitrogens with zero attached hydrogens (tertiary/aromatic N) is 3. The standard InChI is InChI=1S/C12H20N4O3/c1-8(2)16-11(3-4-13-16)14-12(19)7-15-5-9(17)10(18)6-15/h3-4,8-10,17-18H,5-7H2,1-2H3,(H,14,19)/t9-,10+. The molecule has 1 saturated heterocycles. The highest BCUT2D eigenvalue weighted by atomic mass is 16.3. The number of carbonyl (C=O) groups excluding carboxylic acids is 1. The zero-order valence-corrected chi connectivity index (χ0v) is 11.2. The fourth-order valence-corrected chi connectivity index (χ4v) is 2.19. The quantitative estimate of drug-likeness (QED) is 0.681. The van der Waals surface area contributed by atoms with Crippen LogP contribution in [0.1, 0.15) is 19.9 Å². The van der Waals surface area contributed by atoms with E-state index in [1.54, 1.807) is 21.8 Å². The zero-order chi connectivity index (χ0) is 14.0. The molecular formula is C12H20N4O3. The largest absolute Gasteiger partial charge is 0.389 e. The van der Waals surface area contributed by atoms with Crippen molar-refractivity contribution < 1.29 is 15.0 Å². The van der Waals surface area contributed by atoms with Crippen LogP contribution in [-0.2, 0) is 4.79 Å². The average Bonchev–Trinajstić information content (AvgIpc) is 2.87. The van der Waals surface area contributed by atoms with E-state index in [0.717, 1.165) is 0 Å². The van der Waals surface area contributed by atoms with Crippen molar-refractivity contribution in [1.29, 1.82) is 0 Å². The second-order valence-corrected chi connectivity index (χ2v) is 5.13. The molecule has 19 heavy (non-hydrogen) atoms. The van der Waals surface area contributed by atoms with Crippen molar-refractivity contribution in [3.05, 3.63) is 12.3 Å². The first kappa shape index (κ1) is 14.0. The van der Waals surface area contributed by atoms with Crippen molar-refractivity contribution in [3.63, 3.8) is 0 Å². The van der Waals surface area contributed by atoms with Crippen LogP contribution in [0.4, 0.5) is 5.82 Å². The molecule has 1 aliphatic rings. The Morgan fingerprint density at radius 2 is 2.11 bits per heavy atom. The lowest BCUT2D eigenvalue weighted by atomic mass is 10.3. The van der Waals surface area contributed by atoms with Crippen LogP contribution in [-0.4, -0.2) is 62.6 Å². The Labute approximate surface area is 111 Å². The lowest BCUT2D eigenvalue weighted by molar-refractivity contribution is -0.117. The van der Waals surface area contributed by atoms with Crippen LogP contribution < -0.4 is 5.32 Å². The van der Waals surface area contributed by atoms with Crippen LogP contribution in [0.15, 0.2) is 12.3 Å². The summed E-state index contributed by atoms with van der Waals surface area (Å²) in [5.41, 5.74) is 0. The van der Waals surface area contributed by atoms with E-state index in [-0.39, 0.29) is 18.5 Å². The Balaban J connectivity index is 1.89. The third kappa shape index (κ3) is 3.31. The van der Waals surface area contributed by atoms with E-state index in [9.17, 15) is 15.0 Å². The molecule has 0 radical (unpaired) electrons. The molecule has 3 N–H and O–H groups in total. The maximum atomic E-state index is 11.9. The topological polar surface area (TPSA) is 90.6 Å². The third-order valence-electron chi connectivity index (χ3n) is 3.13. The Morgan fingerprint density at radius 1 is 1.47 bits per heavy atom. The van der Waals surface area contributed by atoms with Gasteiger partial charge in [0.1, 0.15) is 5.82 Å². The van der Waals surface area contributed by atoms with Gasteiger partial charge in [0, 0.05) is 25.2 Å². The number of likely N-dealkylation sites (tertiary alicyclic amines) is 1. The van der Waals surface area contributed by atoms with Gasteiger partial charge in [-0.3, -0.25) is 9.69 Å². The number of hydrogen-bond acceptors (Lipinski definition) is 5. The van der Waals surface area contributed by atoms with Gasteiger partial charge in [-0.25, -0.2) is 4.68 Å². The molecule has 0 aliphatic carbocycles. The van der Waals surface area contributed by atoms with Gasteiger partial charge in [-0.15, -0.1) is 0 Å². The highest BCUT2D eigenvalue weighted by molar-refractivity contribution is 5.91. The summed E-state index contributed by atoms with van der Waals surface area (Å²) in [7, 11) is 0. The lowest BCUT2D eigenvalue weighted by Crippen LogP contribution is -2.33. The number of rotatable bonds is 4. The Bertz CT molecular complexity index is 436. The predicted octanol–water partition coefficient (Wildman–Crippen LogP) is -0.560. The van der Waals surface area contributed by atoms with Crippen molar-refractivity contribution in [2.75, 3.05) is 25.0 Å². The number of β-amino-alcohol motifs (C(OH)–C–C–N with tert-alkyl or cyclic N) is 2. The average molecular weight is 268 g/mol. The summed E-state index contributed by atoms with van der Waals surface area (Å²) < 4.78 is 1.73. The molecule has 1 aliphatic heterocycles. The van der Waals surface area contributed by atoms with Crippen molar-refractivity contribution in [3.8, 4) is 0 Å². The number of nitrogens with one attached hydrogen (secondary N) is 1. The molecule has 2 atom stereocenters. The van der Waals surface area contributed by atoms with Crippen LogP contribution in [0.3, 0.4) is 0 Å². The summed E-state index contributed by atoms with van der Waals surface area (Å²) in [6, 6.07) is 1.91. The Hall–Kier alpha value is -1.44. The minimum absolute atomic E-state index is 0.150. The second kappa shape index (κ2) is 5.68. The zero-order valence-electron chi connectivity index (χ0n) is 11.2. The van der Waals surface area contributed by atoms with Crippen molar-refractivity contribution in [1.82, 2.24) is 14.7 Å². The molecule has 1 aromatic rings. The fourth-order valence-electron chi connectivity index (χ4n) is 2.19. The molecule has 7 nitrogen and oxygen atoms in total. The van der Waals surface area contributed by atoms with E-state index >= 15 is 0 Å². The molecule has 2 heterocycles. The minimum Gasteiger partial charge on any atom is -0.389 e. The van der Waals surface area contributed by atoms with Gasteiger partial charge in [0.05, 0.1) is 24.9 Å². The van der Waals surface area contributed by atoms with Crippen LogP contribution in [0.5, 0.6) is 0 Å². The smallest absolute Gasteiger partial charge is 0.239 e. The molecule has 0 bridgehead atoms. The van der Waals surface area contributed by atoms with E-state index < -0.39 is 12.2 Å². The summed E-state index contributed by atoms with van der Waals surface area (Å²) in [6.07, 6.45) is 0.0990. The Kier molecular flexibility index (Phi) is 4.18. The number of anilines is 1. The van der Waals surface area contributed by atoms with Gasteiger partial charge in [0.15, 0.2) is 0 Å². The molecule has 0 unspecified atom stereocenters. The van der Waals surface area contributed by atoms with Crippen molar-refractivity contribution in [2.45, 2.75) is 32.1 Å². The first-order valence-electron chi connectivity index (χ1n) is 6.39. The summed E-state index contributed by atoms with van der Waals surface area (Å²) in [5.74, 6) is 0.476. The van der Waals surface area contributed by atoms with Gasteiger partial charge in [-0.05, 0) is 13.8 Å². The van der Waals surface area contributed by atoms with Crippen molar-refractivity contribution >= 4 is 11.7 Å². The first-order valence-corrected chi connectivity index (χ1v) is 6.39. The van der Waals surface area contributed by atoms with Crippen LogP contribution in [0, 0.1) is 0 Å². The number of amides is 1. The van der Waals surface area contributed by atoms with Crippen LogP contribution in [0.25, 0.3) is 0 Å². The van der Waals surface area contributed by atoms with E-state index in [1.165, 1.54) is 0 Å². The van der Waals surface area contributed by atoms with Gasteiger partial charge in [0.2, 0.25) is 5.91 Å². The molecule has 106 valence electrons. The van der Waals surface area contributed by atoms with Gasteiger partial charge in [-0.1, -0.05) is 0 Å². The van der Waals surface area contributed by atoms with Crippen LogP contribution >= 0.6 is 0 Å². The normalized spacial score (nSPS) is 24.1. The van der Waals surface area contributed by atoms with Crippen LogP contribution in [0.2, 0.25) is 0 Å². The van der Waals surface area contributed by atoms with Gasteiger partial charge >= 0.3 is 0 Å². The molecule has 2 rings (SSSR count). The molecule has 0 saturated carbocycles. The number of aliphatic hydroxyl groups is 2. The number of aliphatic hydroxyl groups excluding tert-OH is 2. The molecule has 1 fully saturated rings. The molecule has 1 aromatic heterocycles. The summed E-state index contributed by atoms with van der Waals surface area (Å²) >= 11 is 0. The highest BCUT2D eigenvalue weighted by Gasteiger charge is 2.30. The second-order valence-electron chi connectivity index (χ2n) is 5.13. The van der Waals surface area contributed by atoms with E-state index in [4.69, 9.17) is 0 Å². The minimum atomic E-state index is -0.769. The third-order valence-corrected chi connectivity index (χ3v) is 3.13.